The van der Waals surface area contributed by atoms with Gasteiger partial charge in [0.1, 0.15) is 17.3 Å². The molecule has 2 rings (SSSR count). The van der Waals surface area contributed by atoms with Gasteiger partial charge in [-0.05, 0) is 35.9 Å². The maximum Gasteiger partial charge on any atom is 0.175 e. The lowest BCUT2D eigenvalue weighted by Gasteiger charge is -2.07. The van der Waals surface area contributed by atoms with Crippen LogP contribution in [0.25, 0.3) is 6.08 Å². The van der Waals surface area contributed by atoms with Gasteiger partial charge in [-0.15, -0.1) is 0 Å². The van der Waals surface area contributed by atoms with Crippen molar-refractivity contribution in [2.24, 2.45) is 0 Å². The summed E-state index contributed by atoms with van der Waals surface area (Å²) in [7, 11) is -0.438. The van der Waals surface area contributed by atoms with Crippen LogP contribution in [0.1, 0.15) is 11.1 Å². The van der Waals surface area contributed by atoms with Crippen molar-refractivity contribution >= 4 is 15.9 Å². The van der Waals surface area contributed by atoms with Crippen LogP contribution in [0.4, 0.5) is 4.39 Å². The molecule has 0 radical (unpaired) electrons. The zero-order valence-electron chi connectivity index (χ0n) is 12.8. The minimum absolute atomic E-state index is 0.192. The molecule has 0 saturated carbocycles. The van der Waals surface area contributed by atoms with Gasteiger partial charge < -0.3 is 9.47 Å². The molecular formula is C17H17FO4S. The van der Waals surface area contributed by atoms with E-state index in [4.69, 9.17) is 9.47 Å². The lowest BCUT2D eigenvalue weighted by atomic mass is 10.2. The van der Waals surface area contributed by atoms with E-state index in [1.165, 1.54) is 44.6 Å². The Bertz CT molecular complexity index is 796. The second kappa shape index (κ2) is 7.28. The summed E-state index contributed by atoms with van der Waals surface area (Å²) in [6, 6.07) is 10.5. The van der Waals surface area contributed by atoms with Crippen LogP contribution in [-0.4, -0.2) is 22.6 Å². The third kappa shape index (κ3) is 4.82. The summed E-state index contributed by atoms with van der Waals surface area (Å²) >= 11 is 0. The average Bonchev–Trinajstić information content (AvgIpc) is 2.54. The monoisotopic (exact) mass is 336 g/mol. The quantitative estimate of drug-likeness (QED) is 0.811. The lowest BCUT2D eigenvalue weighted by molar-refractivity contribution is 0.394. The Kier molecular flexibility index (Phi) is 5.39. The van der Waals surface area contributed by atoms with E-state index in [0.29, 0.717) is 22.6 Å². The van der Waals surface area contributed by atoms with Crippen molar-refractivity contribution in [3.63, 3.8) is 0 Å². The van der Waals surface area contributed by atoms with Crippen molar-refractivity contribution in [3.8, 4) is 11.5 Å². The topological polar surface area (TPSA) is 52.6 Å². The molecule has 0 aromatic heterocycles. The summed E-state index contributed by atoms with van der Waals surface area (Å²) in [5, 5.41) is 1.13. The van der Waals surface area contributed by atoms with Crippen molar-refractivity contribution in [1.82, 2.24) is 0 Å². The maximum atomic E-state index is 12.8. The first kappa shape index (κ1) is 17.0. The number of sulfone groups is 1. The molecule has 0 N–H and O–H groups in total. The second-order valence-corrected chi connectivity index (χ2v) is 6.73. The van der Waals surface area contributed by atoms with E-state index >= 15 is 0 Å². The number of rotatable bonds is 6. The van der Waals surface area contributed by atoms with Crippen LogP contribution >= 0.6 is 0 Å². The van der Waals surface area contributed by atoms with Gasteiger partial charge in [-0.3, -0.25) is 0 Å². The molecule has 0 amide bonds. The molecule has 0 atom stereocenters. The molecule has 2 aromatic rings. The number of halogens is 1. The highest BCUT2D eigenvalue weighted by molar-refractivity contribution is 7.93. The predicted octanol–water partition coefficient (Wildman–Crippen LogP) is 3.43. The van der Waals surface area contributed by atoms with Gasteiger partial charge in [0, 0.05) is 17.0 Å². The van der Waals surface area contributed by atoms with Gasteiger partial charge in [-0.25, -0.2) is 12.8 Å². The van der Waals surface area contributed by atoms with Crippen molar-refractivity contribution in [3.05, 3.63) is 64.8 Å². The van der Waals surface area contributed by atoms with Crippen LogP contribution in [-0.2, 0) is 15.6 Å². The minimum atomic E-state index is -3.48. The molecule has 6 heteroatoms. The van der Waals surface area contributed by atoms with Crippen molar-refractivity contribution < 1.29 is 22.3 Å². The van der Waals surface area contributed by atoms with Gasteiger partial charge >= 0.3 is 0 Å². The summed E-state index contributed by atoms with van der Waals surface area (Å²) < 4.78 is 47.4. The zero-order chi connectivity index (χ0) is 16.9. The van der Waals surface area contributed by atoms with Crippen LogP contribution in [0.5, 0.6) is 11.5 Å². The molecule has 0 unspecified atom stereocenters. The first-order valence-corrected chi connectivity index (χ1v) is 8.52. The minimum Gasteiger partial charge on any atom is -0.497 e. The molecule has 0 fully saturated rings. The molecular weight excluding hydrogens is 319 g/mol. The molecule has 0 bridgehead atoms. The van der Waals surface area contributed by atoms with Gasteiger partial charge in [0.05, 0.1) is 20.0 Å². The van der Waals surface area contributed by atoms with Crippen molar-refractivity contribution in [2.75, 3.05) is 14.2 Å². The highest BCUT2D eigenvalue weighted by Gasteiger charge is 2.09. The summed E-state index contributed by atoms with van der Waals surface area (Å²) in [6.07, 6.45) is 1.47. The first-order valence-electron chi connectivity index (χ1n) is 6.81. The highest BCUT2D eigenvalue weighted by Crippen LogP contribution is 2.26. The average molecular weight is 336 g/mol. The van der Waals surface area contributed by atoms with E-state index in [1.807, 2.05) is 0 Å². The van der Waals surface area contributed by atoms with Crippen LogP contribution in [0.15, 0.2) is 47.9 Å². The SMILES string of the molecule is COc1ccc(C=CS(=O)(=O)Cc2ccc(F)cc2)c(OC)c1. The number of methoxy groups -OCH3 is 2. The van der Waals surface area contributed by atoms with Gasteiger partial charge in [0.15, 0.2) is 9.84 Å². The maximum absolute atomic E-state index is 12.8. The lowest BCUT2D eigenvalue weighted by Crippen LogP contribution is -2.00. The molecule has 0 spiro atoms. The Morgan fingerprint density at radius 3 is 2.35 bits per heavy atom. The normalized spacial score (nSPS) is 11.6. The van der Waals surface area contributed by atoms with Crippen LogP contribution in [0.2, 0.25) is 0 Å². The molecule has 0 saturated heterocycles. The predicted molar refractivity (Wildman–Crippen MR) is 87.6 cm³/mol. The van der Waals surface area contributed by atoms with Crippen LogP contribution < -0.4 is 9.47 Å². The van der Waals surface area contributed by atoms with E-state index in [-0.39, 0.29) is 5.75 Å². The number of hydrogen-bond donors (Lipinski definition) is 0. The van der Waals surface area contributed by atoms with E-state index < -0.39 is 15.7 Å². The van der Waals surface area contributed by atoms with Gasteiger partial charge in [0.25, 0.3) is 0 Å². The number of ether oxygens (including phenoxy) is 2. The zero-order valence-corrected chi connectivity index (χ0v) is 13.6. The van der Waals surface area contributed by atoms with E-state index in [1.54, 1.807) is 18.2 Å². The van der Waals surface area contributed by atoms with Crippen molar-refractivity contribution in [1.29, 1.82) is 0 Å². The fraction of sp³-hybridized carbons (Fsp3) is 0.176. The fourth-order valence-electron chi connectivity index (χ4n) is 1.99. The molecule has 2 aromatic carbocycles. The Balaban J connectivity index is 2.19. The summed E-state index contributed by atoms with van der Waals surface area (Å²) in [5.74, 6) is 0.540. The molecule has 0 aliphatic heterocycles. The van der Waals surface area contributed by atoms with Crippen molar-refractivity contribution in [2.45, 2.75) is 5.75 Å². The highest BCUT2D eigenvalue weighted by atomic mass is 32.2. The Morgan fingerprint density at radius 2 is 1.74 bits per heavy atom. The van der Waals surface area contributed by atoms with Gasteiger partial charge in [0.2, 0.25) is 0 Å². The van der Waals surface area contributed by atoms with E-state index in [0.717, 1.165) is 5.41 Å². The first-order chi connectivity index (χ1) is 10.9. The smallest absolute Gasteiger partial charge is 0.175 e. The summed E-state index contributed by atoms with van der Waals surface area (Å²) in [6.45, 7) is 0. The number of hydrogen-bond acceptors (Lipinski definition) is 4. The summed E-state index contributed by atoms with van der Waals surface area (Å²) in [5.41, 5.74) is 1.15. The van der Waals surface area contributed by atoms with Crippen LogP contribution in [0, 0.1) is 5.82 Å². The third-order valence-corrected chi connectivity index (χ3v) is 4.46. The molecule has 23 heavy (non-hydrogen) atoms. The van der Waals surface area contributed by atoms with E-state index in [2.05, 4.69) is 0 Å². The third-order valence-electron chi connectivity index (χ3n) is 3.18. The fourth-order valence-corrected chi connectivity index (χ4v) is 3.10. The Morgan fingerprint density at radius 1 is 1.04 bits per heavy atom. The molecule has 4 nitrogen and oxygen atoms in total. The van der Waals surface area contributed by atoms with Gasteiger partial charge in [-0.2, -0.15) is 0 Å². The van der Waals surface area contributed by atoms with Gasteiger partial charge in [-0.1, -0.05) is 12.1 Å². The standard InChI is InChI=1S/C17H17FO4S/c1-21-16-8-5-14(17(11-16)22-2)9-10-23(19,20)12-13-3-6-15(18)7-4-13/h3-11H,12H2,1-2H3. The molecule has 0 heterocycles. The largest absolute Gasteiger partial charge is 0.497 e. The van der Waals surface area contributed by atoms with Crippen LogP contribution in [0.3, 0.4) is 0 Å². The Hall–Kier alpha value is -2.34. The molecule has 122 valence electrons. The second-order valence-electron chi connectivity index (χ2n) is 4.84. The molecule has 0 aliphatic rings. The Labute approximate surface area is 135 Å². The summed E-state index contributed by atoms with van der Waals surface area (Å²) in [4.78, 5) is 0. The molecule has 0 aliphatic carbocycles. The number of benzene rings is 2. The van der Waals surface area contributed by atoms with E-state index in [9.17, 15) is 12.8 Å².